The van der Waals surface area contributed by atoms with Gasteiger partial charge in [0.25, 0.3) is 0 Å². The summed E-state index contributed by atoms with van der Waals surface area (Å²) in [7, 11) is 0. The van der Waals surface area contributed by atoms with Crippen molar-refractivity contribution >= 4 is 59.5 Å². The Bertz CT molecular complexity index is 641. The predicted octanol–water partition coefficient (Wildman–Crippen LogP) is 4.77. The normalized spacial score (nSPS) is 12.1. The summed E-state index contributed by atoms with van der Waals surface area (Å²) in [5, 5.41) is 8.47. The van der Waals surface area contributed by atoms with Crippen LogP contribution in [-0.4, -0.2) is 42.0 Å². The van der Waals surface area contributed by atoms with Crippen molar-refractivity contribution in [2.24, 2.45) is 0 Å². The molecular weight excluding hydrogens is 506 g/mol. The van der Waals surface area contributed by atoms with Gasteiger partial charge in [-0.25, -0.2) is 0 Å². The van der Waals surface area contributed by atoms with Gasteiger partial charge in [-0.2, -0.15) is 0 Å². The molecular formula is C24H38Ge3. The Balaban J connectivity index is 2.76. The molecule has 2 rings (SSSR count). The van der Waals surface area contributed by atoms with Crippen molar-refractivity contribution in [3.8, 4) is 0 Å². The molecule has 0 fully saturated rings. The SMILES string of the molecule is C[CH2][Ge]([CH2]C)[c]1cccc[c]1[Ge]([CH2]C)([CH2]C)[c]1cccc[c]1[Ge]([CH2]C)[CH2]C. The van der Waals surface area contributed by atoms with Crippen LogP contribution in [0.5, 0.6) is 0 Å². The van der Waals surface area contributed by atoms with Gasteiger partial charge in [0.05, 0.1) is 0 Å². The van der Waals surface area contributed by atoms with E-state index in [1.165, 1.54) is 31.5 Å². The third kappa shape index (κ3) is 4.80. The molecule has 0 aliphatic heterocycles. The van der Waals surface area contributed by atoms with Crippen molar-refractivity contribution in [1.29, 1.82) is 0 Å². The summed E-state index contributed by atoms with van der Waals surface area (Å²) in [6.07, 6.45) is 0. The van der Waals surface area contributed by atoms with E-state index in [2.05, 4.69) is 90.1 Å². The van der Waals surface area contributed by atoms with Crippen molar-refractivity contribution < 1.29 is 0 Å². The van der Waals surface area contributed by atoms with Gasteiger partial charge in [-0.05, 0) is 0 Å². The molecule has 0 amide bonds. The fourth-order valence-corrected chi connectivity index (χ4v) is 31.7. The van der Waals surface area contributed by atoms with Gasteiger partial charge in [0.2, 0.25) is 0 Å². The molecule has 0 saturated heterocycles. The second-order valence-electron chi connectivity index (χ2n) is 7.50. The Hall–Kier alpha value is 0.0686. The second kappa shape index (κ2) is 11.3. The minimum absolute atomic E-state index is 1.14. The molecule has 0 aromatic heterocycles. The zero-order chi connectivity index (χ0) is 19.9. The number of hydrogen-bond donors (Lipinski definition) is 0. The predicted molar refractivity (Wildman–Crippen MR) is 132 cm³/mol. The quantitative estimate of drug-likeness (QED) is 0.378. The molecule has 0 aliphatic rings. The van der Waals surface area contributed by atoms with Crippen molar-refractivity contribution in [2.45, 2.75) is 73.1 Å². The maximum atomic E-state index is 2.56. The molecule has 0 N–H and O–H groups in total. The molecule has 0 aliphatic carbocycles. The second-order valence-corrected chi connectivity index (χ2v) is 30.5. The van der Waals surface area contributed by atoms with E-state index in [9.17, 15) is 0 Å². The first-order valence-electron chi connectivity index (χ1n) is 11.0. The van der Waals surface area contributed by atoms with Gasteiger partial charge in [0.1, 0.15) is 0 Å². The molecule has 2 aromatic carbocycles. The molecule has 0 saturated carbocycles. The van der Waals surface area contributed by atoms with E-state index < -0.39 is 42.0 Å². The van der Waals surface area contributed by atoms with Crippen LogP contribution >= 0.6 is 0 Å². The molecule has 0 unspecified atom stereocenters. The molecule has 0 heterocycles. The molecule has 2 aromatic rings. The van der Waals surface area contributed by atoms with Crippen LogP contribution in [0.15, 0.2) is 48.5 Å². The summed E-state index contributed by atoms with van der Waals surface area (Å²) in [4.78, 5) is 0. The van der Waals surface area contributed by atoms with E-state index in [1.54, 1.807) is 0 Å². The van der Waals surface area contributed by atoms with E-state index >= 15 is 0 Å². The third-order valence-electron chi connectivity index (χ3n) is 6.56. The first kappa shape index (κ1) is 23.3. The van der Waals surface area contributed by atoms with Crippen LogP contribution in [0.3, 0.4) is 0 Å². The van der Waals surface area contributed by atoms with Crippen LogP contribution in [0.25, 0.3) is 0 Å². The van der Waals surface area contributed by atoms with E-state index in [4.69, 9.17) is 0 Å². The molecule has 0 spiro atoms. The summed E-state index contributed by atoms with van der Waals surface area (Å²) in [6.45, 7) is 14.8. The topological polar surface area (TPSA) is 0 Å². The number of rotatable bonds is 10. The van der Waals surface area contributed by atoms with Crippen LogP contribution in [-0.2, 0) is 0 Å². The van der Waals surface area contributed by atoms with Crippen LogP contribution in [0.2, 0.25) is 31.5 Å². The maximum absolute atomic E-state index is 2.56. The standard InChI is InChI=1S/C24H38Ge3/c1-7-25(8-2)21-17-13-15-19-23(21)27(11-5,12-6)24-20-16-14-18-22(24)26(9-3)10-4/h13-20H,7-12H2,1-6H3. The average molecular weight is 544 g/mol. The fraction of sp³-hybridized carbons (Fsp3) is 0.500. The number of hydrogen-bond acceptors (Lipinski definition) is 0. The van der Waals surface area contributed by atoms with Crippen LogP contribution in [0, 0.1) is 0 Å². The van der Waals surface area contributed by atoms with Gasteiger partial charge in [-0.3, -0.25) is 0 Å². The Kier molecular flexibility index (Phi) is 9.78. The Labute approximate surface area is 180 Å². The summed E-state index contributed by atoms with van der Waals surface area (Å²) < 4.78 is 7.41. The zero-order valence-corrected chi connectivity index (χ0v) is 24.7. The van der Waals surface area contributed by atoms with Crippen molar-refractivity contribution in [3.05, 3.63) is 48.5 Å². The first-order valence-corrected chi connectivity index (χ1v) is 24.1. The summed E-state index contributed by atoms with van der Waals surface area (Å²) in [6, 6.07) is 19.5. The molecule has 146 valence electrons. The molecule has 27 heavy (non-hydrogen) atoms. The Morgan fingerprint density at radius 2 is 0.889 bits per heavy atom. The fourth-order valence-electron chi connectivity index (χ4n) is 4.84. The average Bonchev–Trinajstić information content (AvgIpc) is 2.73. The van der Waals surface area contributed by atoms with Crippen LogP contribution in [0.1, 0.15) is 41.5 Å². The van der Waals surface area contributed by atoms with Gasteiger partial charge in [0.15, 0.2) is 0 Å². The zero-order valence-electron chi connectivity index (χ0n) is 18.4. The number of benzene rings is 2. The molecule has 0 bridgehead atoms. The summed E-state index contributed by atoms with van der Waals surface area (Å²) >= 11 is -4.64. The summed E-state index contributed by atoms with van der Waals surface area (Å²) in [5.74, 6) is 0. The third-order valence-corrected chi connectivity index (χ3v) is 32.2. The van der Waals surface area contributed by atoms with Crippen molar-refractivity contribution in [3.63, 3.8) is 0 Å². The van der Waals surface area contributed by atoms with Gasteiger partial charge in [-0.15, -0.1) is 0 Å². The molecule has 2 radical (unpaired) electrons. The van der Waals surface area contributed by atoms with Gasteiger partial charge in [0, 0.05) is 0 Å². The Morgan fingerprint density at radius 3 is 1.19 bits per heavy atom. The van der Waals surface area contributed by atoms with Crippen molar-refractivity contribution in [2.75, 3.05) is 0 Å². The molecule has 3 heteroatoms. The van der Waals surface area contributed by atoms with Crippen molar-refractivity contribution in [1.82, 2.24) is 0 Å². The minimum atomic E-state index is -2.35. The Morgan fingerprint density at radius 1 is 0.556 bits per heavy atom. The molecule has 0 atom stereocenters. The first-order chi connectivity index (χ1) is 13.1. The van der Waals surface area contributed by atoms with E-state index in [-0.39, 0.29) is 0 Å². The van der Waals surface area contributed by atoms with Crippen LogP contribution < -0.4 is 17.6 Å². The molecule has 0 nitrogen and oxygen atoms in total. The van der Waals surface area contributed by atoms with E-state index in [1.807, 2.05) is 17.6 Å². The van der Waals surface area contributed by atoms with Crippen LogP contribution in [0.4, 0.5) is 0 Å². The van der Waals surface area contributed by atoms with E-state index in [0.29, 0.717) is 0 Å². The van der Waals surface area contributed by atoms with E-state index in [0.717, 1.165) is 0 Å². The monoisotopic (exact) mass is 548 g/mol. The van der Waals surface area contributed by atoms with Gasteiger partial charge >= 0.3 is 181 Å². The van der Waals surface area contributed by atoms with Gasteiger partial charge in [-0.1, -0.05) is 0 Å². The summed E-state index contributed by atoms with van der Waals surface area (Å²) in [5.41, 5.74) is 0. The van der Waals surface area contributed by atoms with Gasteiger partial charge < -0.3 is 0 Å².